The third-order valence-corrected chi connectivity index (χ3v) is 5.04. The minimum atomic E-state index is 0.140. The van der Waals surface area contributed by atoms with Crippen LogP contribution in [0.1, 0.15) is 38.3 Å². The molecule has 2 atom stereocenters. The first kappa shape index (κ1) is 17.4. The summed E-state index contributed by atoms with van der Waals surface area (Å²) in [5.74, 6) is 1.68. The molecule has 2 aliphatic heterocycles. The number of ether oxygens (including phenoxy) is 2. The lowest BCUT2D eigenvalue weighted by atomic mass is 9.86. The van der Waals surface area contributed by atoms with E-state index in [0.29, 0.717) is 29.0 Å². The maximum Gasteiger partial charge on any atom is 0.179 e. The van der Waals surface area contributed by atoms with Crippen LogP contribution in [0.5, 0.6) is 11.5 Å². The summed E-state index contributed by atoms with van der Waals surface area (Å²) >= 11 is 6.44. The summed E-state index contributed by atoms with van der Waals surface area (Å²) < 4.78 is 11.1. The Labute approximate surface area is 149 Å². The lowest BCUT2D eigenvalue weighted by Gasteiger charge is -2.33. The second-order valence-corrected chi connectivity index (χ2v) is 6.74. The Morgan fingerprint density at radius 2 is 2.21 bits per heavy atom. The summed E-state index contributed by atoms with van der Waals surface area (Å²) in [5.41, 5.74) is 5.69. The molecule has 0 bridgehead atoms. The summed E-state index contributed by atoms with van der Waals surface area (Å²) in [6.07, 6.45) is 2.22. The van der Waals surface area contributed by atoms with E-state index in [1.165, 1.54) is 12.1 Å². The lowest BCUT2D eigenvalue weighted by molar-refractivity contribution is 0.228. The fourth-order valence-electron chi connectivity index (χ4n) is 3.64. The van der Waals surface area contributed by atoms with Gasteiger partial charge in [0, 0.05) is 31.1 Å². The Balaban J connectivity index is 1.85. The Kier molecular flexibility index (Phi) is 5.51. The first-order chi connectivity index (χ1) is 11.7. The molecule has 0 aromatic heterocycles. The molecular formula is C18H26ClN3O2. The Morgan fingerprint density at radius 1 is 1.38 bits per heavy atom. The van der Waals surface area contributed by atoms with Gasteiger partial charge in [-0.25, -0.2) is 0 Å². The zero-order valence-corrected chi connectivity index (χ0v) is 15.4. The fourth-order valence-corrected chi connectivity index (χ4v) is 3.92. The molecule has 1 saturated heterocycles. The van der Waals surface area contributed by atoms with Crippen LogP contribution in [-0.2, 0) is 0 Å². The van der Waals surface area contributed by atoms with E-state index in [0.717, 1.165) is 31.6 Å². The molecule has 1 aromatic rings. The van der Waals surface area contributed by atoms with Gasteiger partial charge in [-0.3, -0.25) is 0 Å². The van der Waals surface area contributed by atoms with Gasteiger partial charge in [0.2, 0.25) is 0 Å². The number of hydrogen-bond donors (Lipinski definition) is 1. The van der Waals surface area contributed by atoms with Gasteiger partial charge < -0.3 is 19.8 Å². The molecule has 2 aliphatic rings. The number of halogens is 1. The van der Waals surface area contributed by atoms with Gasteiger partial charge in [0.05, 0.1) is 24.8 Å². The highest BCUT2D eigenvalue weighted by Crippen LogP contribution is 2.41. The van der Waals surface area contributed by atoms with Gasteiger partial charge in [-0.05, 0) is 37.6 Å². The summed E-state index contributed by atoms with van der Waals surface area (Å²) in [4.78, 5) is 2.52. The maximum atomic E-state index is 6.44. The van der Waals surface area contributed by atoms with E-state index >= 15 is 0 Å². The van der Waals surface area contributed by atoms with Crippen molar-refractivity contribution in [1.82, 2.24) is 10.3 Å². The van der Waals surface area contributed by atoms with E-state index in [9.17, 15) is 0 Å². The third kappa shape index (κ3) is 3.33. The van der Waals surface area contributed by atoms with Crippen LogP contribution >= 0.6 is 11.6 Å². The number of benzene rings is 1. The molecule has 1 aromatic carbocycles. The van der Waals surface area contributed by atoms with Crippen molar-refractivity contribution < 1.29 is 9.47 Å². The van der Waals surface area contributed by atoms with Crippen molar-refractivity contribution in [2.24, 2.45) is 11.0 Å². The van der Waals surface area contributed by atoms with Crippen molar-refractivity contribution in [2.45, 2.75) is 32.7 Å². The predicted molar refractivity (Wildman–Crippen MR) is 97.3 cm³/mol. The Morgan fingerprint density at radius 3 is 2.92 bits per heavy atom. The second-order valence-electron chi connectivity index (χ2n) is 6.33. The van der Waals surface area contributed by atoms with Gasteiger partial charge in [0.15, 0.2) is 11.5 Å². The number of methoxy groups -OCH3 is 1. The van der Waals surface area contributed by atoms with E-state index in [-0.39, 0.29) is 6.04 Å². The first-order valence-electron chi connectivity index (χ1n) is 8.72. The number of hydrazone groups is 1. The van der Waals surface area contributed by atoms with Gasteiger partial charge in [0.1, 0.15) is 0 Å². The highest BCUT2D eigenvalue weighted by molar-refractivity contribution is 6.32. The molecule has 3 rings (SSSR count). The number of rotatable bonds is 6. The van der Waals surface area contributed by atoms with Crippen LogP contribution in [0.4, 0.5) is 0 Å². The summed E-state index contributed by atoms with van der Waals surface area (Å²) in [5, 5.41) is 5.16. The van der Waals surface area contributed by atoms with Crippen molar-refractivity contribution >= 4 is 17.3 Å². The van der Waals surface area contributed by atoms with E-state index < -0.39 is 0 Å². The summed E-state index contributed by atoms with van der Waals surface area (Å²) in [6.45, 7) is 8.00. The monoisotopic (exact) mass is 351 g/mol. The van der Waals surface area contributed by atoms with Gasteiger partial charge >= 0.3 is 0 Å². The van der Waals surface area contributed by atoms with Crippen LogP contribution in [0.25, 0.3) is 0 Å². The maximum absolute atomic E-state index is 6.44. The normalized spacial score (nSPS) is 23.4. The fraction of sp³-hybridized carbons (Fsp3) is 0.611. The van der Waals surface area contributed by atoms with Crippen molar-refractivity contribution in [3.8, 4) is 11.5 Å². The number of nitrogens with zero attached hydrogens (tertiary/aromatic N) is 2. The topological polar surface area (TPSA) is 46.1 Å². The number of piperidine rings is 1. The van der Waals surface area contributed by atoms with Crippen LogP contribution < -0.4 is 14.9 Å². The lowest BCUT2D eigenvalue weighted by Crippen LogP contribution is -2.42. The molecule has 2 unspecified atom stereocenters. The Bertz CT molecular complexity index is 621. The molecule has 5 nitrogen and oxygen atoms in total. The predicted octanol–water partition coefficient (Wildman–Crippen LogP) is 3.48. The van der Waals surface area contributed by atoms with Crippen LogP contribution in [0, 0.1) is 5.92 Å². The minimum absolute atomic E-state index is 0.140. The third-order valence-electron chi connectivity index (χ3n) is 4.76. The molecular weight excluding hydrogens is 326 g/mol. The van der Waals surface area contributed by atoms with Gasteiger partial charge in [-0.15, -0.1) is 0 Å². The number of nitrogens with one attached hydrogen (secondary N) is 1. The smallest absolute Gasteiger partial charge is 0.179 e. The summed E-state index contributed by atoms with van der Waals surface area (Å²) in [6, 6.07) is 4.14. The van der Waals surface area contributed by atoms with Gasteiger partial charge in [-0.1, -0.05) is 18.5 Å². The van der Waals surface area contributed by atoms with E-state index in [2.05, 4.69) is 22.4 Å². The van der Waals surface area contributed by atoms with Crippen LogP contribution in [0.15, 0.2) is 17.2 Å². The number of fused-ring (bicyclic) bond motifs is 1. The van der Waals surface area contributed by atoms with Crippen LogP contribution in [0.3, 0.4) is 0 Å². The molecule has 24 heavy (non-hydrogen) atoms. The molecule has 2 heterocycles. The van der Waals surface area contributed by atoms with Crippen molar-refractivity contribution in [2.75, 3.05) is 33.4 Å². The van der Waals surface area contributed by atoms with Crippen molar-refractivity contribution in [3.63, 3.8) is 0 Å². The number of hydrogen-bond acceptors (Lipinski definition) is 5. The molecule has 0 radical (unpaired) electrons. The summed E-state index contributed by atoms with van der Waals surface area (Å²) in [7, 11) is 1.64. The molecule has 6 heteroatoms. The molecule has 0 amide bonds. The van der Waals surface area contributed by atoms with Crippen LogP contribution in [-0.4, -0.2) is 44.0 Å². The van der Waals surface area contributed by atoms with E-state index in [1.54, 1.807) is 7.11 Å². The number of likely N-dealkylation sites (tertiary alicyclic amines) is 1. The highest BCUT2D eigenvalue weighted by atomic mass is 35.5. The average molecular weight is 352 g/mol. The Hall–Kier alpha value is -1.46. The molecule has 132 valence electrons. The first-order valence-corrected chi connectivity index (χ1v) is 9.10. The van der Waals surface area contributed by atoms with Crippen molar-refractivity contribution in [1.29, 1.82) is 0 Å². The minimum Gasteiger partial charge on any atom is -0.493 e. The van der Waals surface area contributed by atoms with E-state index in [1.807, 2.05) is 19.1 Å². The molecule has 1 N–H and O–H groups in total. The average Bonchev–Trinajstić information content (AvgIpc) is 3.00. The van der Waals surface area contributed by atoms with Gasteiger partial charge in [-0.2, -0.15) is 5.10 Å². The zero-order valence-electron chi connectivity index (χ0n) is 14.6. The standard InChI is InChI=1S/C18H26ClN3O2/c1-4-7-22-8-6-15-13(11-22)17(21-20-15)12-9-14(19)18(24-5-2)16(10-12)23-3/h9-10,13,17,21H,4-8,11H2,1-3H3. The second kappa shape index (κ2) is 7.62. The largest absolute Gasteiger partial charge is 0.493 e. The quantitative estimate of drug-likeness (QED) is 0.852. The van der Waals surface area contributed by atoms with Gasteiger partial charge in [0.25, 0.3) is 0 Å². The van der Waals surface area contributed by atoms with Crippen molar-refractivity contribution in [3.05, 3.63) is 22.7 Å². The SMILES string of the molecule is CCCN1CCC2=NNC(c3cc(Cl)c(OCC)c(OC)c3)C2C1. The highest BCUT2D eigenvalue weighted by Gasteiger charge is 2.37. The zero-order chi connectivity index (χ0) is 17.1. The van der Waals surface area contributed by atoms with Crippen LogP contribution in [0.2, 0.25) is 5.02 Å². The molecule has 1 fully saturated rings. The molecule has 0 aliphatic carbocycles. The van der Waals surface area contributed by atoms with E-state index in [4.69, 9.17) is 21.1 Å². The molecule has 0 saturated carbocycles. The molecule has 0 spiro atoms.